The van der Waals surface area contributed by atoms with Crippen LogP contribution in [0.1, 0.15) is 42.9 Å². The lowest BCUT2D eigenvalue weighted by Gasteiger charge is -2.18. The summed E-state index contributed by atoms with van der Waals surface area (Å²) in [6, 6.07) is 8.51. The van der Waals surface area contributed by atoms with E-state index >= 15 is 0 Å². The highest BCUT2D eigenvalue weighted by molar-refractivity contribution is 7.89. The lowest BCUT2D eigenvalue weighted by atomic mass is 10.2. The van der Waals surface area contributed by atoms with Gasteiger partial charge in [-0.2, -0.15) is 4.31 Å². The molecule has 9 heteroatoms. The van der Waals surface area contributed by atoms with E-state index in [1.807, 2.05) is 0 Å². The Kier molecular flexibility index (Phi) is 7.36. The lowest BCUT2D eigenvalue weighted by Crippen LogP contribution is -2.31. The topological polar surface area (TPSA) is 106 Å². The number of hydrogen-bond donors (Lipinski definition) is 1. The minimum atomic E-state index is -3.60. The molecule has 1 aromatic carbocycles. The second-order valence-corrected chi connectivity index (χ2v) is 7.93. The number of carbonyl (C=O) groups is 2. The van der Waals surface area contributed by atoms with Crippen LogP contribution in [0.5, 0.6) is 0 Å². The zero-order chi connectivity index (χ0) is 20.7. The van der Waals surface area contributed by atoms with Gasteiger partial charge in [0.15, 0.2) is 6.61 Å². The molecule has 28 heavy (non-hydrogen) atoms. The molecule has 1 amide bonds. The van der Waals surface area contributed by atoms with Gasteiger partial charge in [-0.3, -0.25) is 4.79 Å². The number of hydrogen-bond acceptors (Lipinski definition) is 6. The third-order valence-electron chi connectivity index (χ3n) is 4.12. The molecule has 1 atom stereocenters. The number of amides is 1. The van der Waals surface area contributed by atoms with Crippen molar-refractivity contribution in [2.24, 2.45) is 0 Å². The number of ether oxygens (including phenoxy) is 1. The smallest absolute Gasteiger partial charge is 0.338 e. The first kappa shape index (κ1) is 21.6. The molecule has 0 spiro atoms. The maximum atomic E-state index is 12.4. The van der Waals surface area contributed by atoms with E-state index < -0.39 is 28.5 Å². The normalized spacial score (nSPS) is 12.6. The Morgan fingerprint density at radius 3 is 2.32 bits per heavy atom. The molecule has 152 valence electrons. The van der Waals surface area contributed by atoms with E-state index in [2.05, 4.69) is 5.32 Å². The molecule has 0 radical (unpaired) electrons. The monoisotopic (exact) mass is 408 g/mol. The Balaban J connectivity index is 1.93. The first-order chi connectivity index (χ1) is 13.3. The molecule has 8 nitrogen and oxygen atoms in total. The highest BCUT2D eigenvalue weighted by Gasteiger charge is 2.22. The molecule has 0 aliphatic carbocycles. The summed E-state index contributed by atoms with van der Waals surface area (Å²) in [6.45, 7) is 5.51. The van der Waals surface area contributed by atoms with Crippen LogP contribution in [0, 0.1) is 0 Å². The number of furan rings is 1. The number of benzene rings is 1. The van der Waals surface area contributed by atoms with Crippen molar-refractivity contribution >= 4 is 21.9 Å². The number of sulfonamides is 1. The summed E-state index contributed by atoms with van der Waals surface area (Å²) in [5, 5.41) is 2.65. The van der Waals surface area contributed by atoms with Crippen molar-refractivity contribution in [1.29, 1.82) is 0 Å². The fourth-order valence-electron chi connectivity index (χ4n) is 2.58. The van der Waals surface area contributed by atoms with E-state index in [0.717, 1.165) is 0 Å². The molecule has 2 rings (SSSR count). The van der Waals surface area contributed by atoms with Crippen LogP contribution in [0.4, 0.5) is 0 Å². The maximum Gasteiger partial charge on any atom is 0.338 e. The van der Waals surface area contributed by atoms with Crippen LogP contribution in [0.15, 0.2) is 52.0 Å². The van der Waals surface area contributed by atoms with E-state index in [1.54, 1.807) is 32.9 Å². The Bertz CT molecular complexity index is 887. The number of carbonyl (C=O) groups excluding carboxylic acids is 2. The zero-order valence-corrected chi connectivity index (χ0v) is 16.9. The van der Waals surface area contributed by atoms with E-state index in [0.29, 0.717) is 18.8 Å². The fourth-order valence-corrected chi connectivity index (χ4v) is 4.04. The summed E-state index contributed by atoms with van der Waals surface area (Å²) in [5.41, 5.74) is 0.158. The van der Waals surface area contributed by atoms with Crippen LogP contribution in [0.2, 0.25) is 0 Å². The Hall–Kier alpha value is -2.65. The van der Waals surface area contributed by atoms with Crippen molar-refractivity contribution in [1.82, 2.24) is 9.62 Å². The van der Waals surface area contributed by atoms with E-state index in [1.165, 1.54) is 34.8 Å². The van der Waals surface area contributed by atoms with Crippen molar-refractivity contribution in [3.63, 3.8) is 0 Å². The lowest BCUT2D eigenvalue weighted by molar-refractivity contribution is -0.125. The van der Waals surface area contributed by atoms with Gasteiger partial charge in [-0.25, -0.2) is 13.2 Å². The highest BCUT2D eigenvalue weighted by atomic mass is 32.2. The molecule has 0 saturated carbocycles. The molecule has 0 unspecified atom stereocenters. The van der Waals surface area contributed by atoms with Gasteiger partial charge in [0, 0.05) is 13.1 Å². The molecule has 0 fully saturated rings. The standard InChI is InChI=1S/C19H24N2O6S/c1-4-21(5-2)28(24,25)16-10-8-15(9-11-16)19(23)27-13-18(22)20-14(3)17-7-6-12-26-17/h6-12,14H,4-5,13H2,1-3H3,(H,20,22)/t14-/m1/s1. The molecule has 1 aromatic heterocycles. The second kappa shape index (κ2) is 9.52. The molecule has 1 heterocycles. The quantitative estimate of drug-likeness (QED) is 0.639. The maximum absolute atomic E-state index is 12.4. The van der Waals surface area contributed by atoms with Crippen LogP contribution in [0.25, 0.3) is 0 Å². The zero-order valence-electron chi connectivity index (χ0n) is 16.0. The number of rotatable bonds is 9. The predicted octanol–water partition coefficient (Wildman–Crippen LogP) is 2.34. The number of esters is 1. The van der Waals surface area contributed by atoms with Crippen molar-refractivity contribution < 1.29 is 27.2 Å². The van der Waals surface area contributed by atoms with Gasteiger partial charge in [0.2, 0.25) is 10.0 Å². The van der Waals surface area contributed by atoms with Crippen molar-refractivity contribution in [3.05, 3.63) is 54.0 Å². The van der Waals surface area contributed by atoms with Gasteiger partial charge in [-0.05, 0) is 43.3 Å². The molecule has 2 aromatic rings. The summed E-state index contributed by atoms with van der Waals surface area (Å²) >= 11 is 0. The molecule has 0 aliphatic heterocycles. The van der Waals surface area contributed by atoms with Crippen molar-refractivity contribution in [2.45, 2.75) is 31.7 Å². The van der Waals surface area contributed by atoms with E-state index in [-0.39, 0.29) is 16.5 Å². The first-order valence-electron chi connectivity index (χ1n) is 8.89. The van der Waals surface area contributed by atoms with Gasteiger partial charge in [0.1, 0.15) is 5.76 Å². The third kappa shape index (κ3) is 5.20. The van der Waals surface area contributed by atoms with Crippen LogP contribution >= 0.6 is 0 Å². The molecular formula is C19H24N2O6S. The van der Waals surface area contributed by atoms with Crippen molar-refractivity contribution in [2.75, 3.05) is 19.7 Å². The van der Waals surface area contributed by atoms with Gasteiger partial charge in [0.25, 0.3) is 5.91 Å². The minimum absolute atomic E-state index is 0.0952. The van der Waals surface area contributed by atoms with Gasteiger partial charge >= 0.3 is 5.97 Å². The van der Waals surface area contributed by atoms with Gasteiger partial charge in [0.05, 0.1) is 22.8 Å². The number of nitrogens with one attached hydrogen (secondary N) is 1. The molecular weight excluding hydrogens is 384 g/mol. The van der Waals surface area contributed by atoms with Crippen LogP contribution in [0.3, 0.4) is 0 Å². The Morgan fingerprint density at radius 2 is 1.79 bits per heavy atom. The Labute approximate surface area is 164 Å². The average Bonchev–Trinajstić information content (AvgIpc) is 3.22. The van der Waals surface area contributed by atoms with Crippen molar-refractivity contribution in [3.8, 4) is 0 Å². The average molecular weight is 408 g/mol. The summed E-state index contributed by atoms with van der Waals surface area (Å²) in [5.74, 6) is -0.602. The first-order valence-corrected chi connectivity index (χ1v) is 10.3. The molecule has 0 bridgehead atoms. The highest BCUT2D eigenvalue weighted by Crippen LogP contribution is 2.17. The SMILES string of the molecule is CCN(CC)S(=O)(=O)c1ccc(C(=O)OCC(=O)N[C@H](C)c2ccco2)cc1. The second-order valence-electron chi connectivity index (χ2n) is 5.99. The largest absolute Gasteiger partial charge is 0.467 e. The van der Waals surface area contributed by atoms with E-state index in [9.17, 15) is 18.0 Å². The Morgan fingerprint density at radius 1 is 1.14 bits per heavy atom. The minimum Gasteiger partial charge on any atom is -0.467 e. The summed E-state index contributed by atoms with van der Waals surface area (Å²) in [4.78, 5) is 24.1. The molecule has 0 aliphatic rings. The summed E-state index contributed by atoms with van der Waals surface area (Å²) in [6.07, 6.45) is 1.50. The predicted molar refractivity (Wildman–Crippen MR) is 102 cm³/mol. The molecule has 1 N–H and O–H groups in total. The van der Waals surface area contributed by atoms with Crippen LogP contribution < -0.4 is 5.32 Å². The summed E-state index contributed by atoms with van der Waals surface area (Å²) < 4.78 is 36.4. The van der Waals surface area contributed by atoms with E-state index in [4.69, 9.17) is 9.15 Å². The van der Waals surface area contributed by atoms with Crippen LogP contribution in [-0.2, 0) is 19.6 Å². The van der Waals surface area contributed by atoms with Gasteiger partial charge in [-0.1, -0.05) is 13.8 Å². The summed E-state index contributed by atoms with van der Waals surface area (Å²) in [7, 11) is -3.60. The number of nitrogens with zero attached hydrogens (tertiary/aromatic N) is 1. The van der Waals surface area contributed by atoms with Gasteiger partial charge < -0.3 is 14.5 Å². The fraction of sp³-hybridized carbons (Fsp3) is 0.368. The molecule has 0 saturated heterocycles. The third-order valence-corrected chi connectivity index (χ3v) is 6.18. The van der Waals surface area contributed by atoms with Gasteiger partial charge in [-0.15, -0.1) is 0 Å². The van der Waals surface area contributed by atoms with Crippen LogP contribution in [-0.4, -0.2) is 44.3 Å².